The van der Waals surface area contributed by atoms with E-state index in [1.165, 1.54) is 0 Å². The number of benzene rings is 1. The molecule has 0 bridgehead atoms. The Balaban J connectivity index is 1.26. The minimum absolute atomic E-state index is 0.0126. The van der Waals surface area contributed by atoms with E-state index in [-0.39, 0.29) is 18.6 Å². The van der Waals surface area contributed by atoms with E-state index in [0.717, 1.165) is 44.6 Å². The molecule has 8 heteroatoms. The van der Waals surface area contributed by atoms with E-state index in [1.807, 2.05) is 6.07 Å². The zero-order valence-corrected chi connectivity index (χ0v) is 17.7. The van der Waals surface area contributed by atoms with Gasteiger partial charge in [-0.2, -0.15) is 0 Å². The number of hydrogen-bond donors (Lipinski definition) is 1. The Hall–Kier alpha value is -2.02. The minimum atomic E-state index is -0.0941. The van der Waals surface area contributed by atoms with Crippen LogP contribution < -0.4 is 14.8 Å². The maximum Gasteiger partial charge on any atom is 0.258 e. The van der Waals surface area contributed by atoms with Crippen LogP contribution in [0, 0.1) is 0 Å². The summed E-state index contributed by atoms with van der Waals surface area (Å²) in [4.78, 5) is 18.5. The fourth-order valence-corrected chi connectivity index (χ4v) is 3.41. The van der Waals surface area contributed by atoms with Gasteiger partial charge in [-0.15, -0.1) is 0 Å². The summed E-state index contributed by atoms with van der Waals surface area (Å²) in [6.07, 6.45) is 4.45. The van der Waals surface area contributed by atoms with Crippen molar-refractivity contribution in [3.8, 4) is 11.5 Å². The third-order valence-corrected chi connectivity index (χ3v) is 5.20. The van der Waals surface area contributed by atoms with Crippen LogP contribution in [0.5, 0.6) is 11.5 Å². The van der Waals surface area contributed by atoms with Crippen molar-refractivity contribution in [1.82, 2.24) is 15.2 Å². The largest absolute Gasteiger partial charge is 0.492 e. The molecule has 1 aliphatic heterocycles. The van der Waals surface area contributed by atoms with Crippen molar-refractivity contribution in [2.75, 3.05) is 32.8 Å². The van der Waals surface area contributed by atoms with Crippen LogP contribution in [0.2, 0.25) is 10.2 Å². The number of piperidine rings is 1. The van der Waals surface area contributed by atoms with Gasteiger partial charge in [0.15, 0.2) is 6.61 Å². The predicted octanol–water partition coefficient (Wildman–Crippen LogP) is 3.82. The maximum atomic E-state index is 12.1. The summed E-state index contributed by atoms with van der Waals surface area (Å²) in [6, 6.07) is 10.7. The number of amides is 1. The summed E-state index contributed by atoms with van der Waals surface area (Å²) in [5.41, 5.74) is 0. The van der Waals surface area contributed by atoms with Crippen molar-refractivity contribution in [1.29, 1.82) is 0 Å². The van der Waals surface area contributed by atoms with Crippen molar-refractivity contribution < 1.29 is 14.3 Å². The second-order valence-corrected chi connectivity index (χ2v) is 7.77. The number of rotatable bonds is 9. The minimum Gasteiger partial charge on any atom is -0.492 e. The van der Waals surface area contributed by atoms with Gasteiger partial charge in [-0.3, -0.25) is 4.79 Å². The second kappa shape index (κ2) is 11.2. The molecule has 1 aliphatic rings. The molecule has 2 aromatic rings. The molecule has 3 rings (SSSR count). The van der Waals surface area contributed by atoms with Crippen LogP contribution in [0.4, 0.5) is 0 Å². The number of ether oxygens (including phenoxy) is 2. The first-order valence-electron chi connectivity index (χ1n) is 9.73. The topological polar surface area (TPSA) is 63.7 Å². The van der Waals surface area contributed by atoms with Gasteiger partial charge in [0.1, 0.15) is 16.7 Å². The van der Waals surface area contributed by atoms with E-state index in [4.69, 9.17) is 32.7 Å². The van der Waals surface area contributed by atoms with E-state index >= 15 is 0 Å². The van der Waals surface area contributed by atoms with Crippen molar-refractivity contribution in [3.63, 3.8) is 0 Å². The Labute approximate surface area is 181 Å². The molecule has 0 saturated carbocycles. The van der Waals surface area contributed by atoms with Crippen LogP contribution in [0.15, 0.2) is 42.6 Å². The van der Waals surface area contributed by atoms with E-state index in [2.05, 4.69) is 15.2 Å². The molecule has 6 nitrogen and oxygen atoms in total. The van der Waals surface area contributed by atoms with Gasteiger partial charge >= 0.3 is 0 Å². The van der Waals surface area contributed by atoms with Crippen LogP contribution >= 0.6 is 23.2 Å². The number of carbonyl (C=O) groups excluding carboxylic acids is 1. The highest BCUT2D eigenvalue weighted by molar-refractivity contribution is 6.30. The molecular weight excluding hydrogens is 413 g/mol. The Morgan fingerprint density at radius 1 is 1.07 bits per heavy atom. The van der Waals surface area contributed by atoms with Gasteiger partial charge in [0.25, 0.3) is 5.91 Å². The summed E-state index contributed by atoms with van der Waals surface area (Å²) in [5, 5.41) is 4.16. The fraction of sp³-hybridized carbons (Fsp3) is 0.429. The zero-order chi connectivity index (χ0) is 20.5. The number of carbonyl (C=O) groups is 1. The number of nitrogens with zero attached hydrogens (tertiary/aromatic N) is 2. The fourth-order valence-electron chi connectivity index (χ4n) is 3.18. The second-order valence-electron chi connectivity index (χ2n) is 6.94. The quantitative estimate of drug-likeness (QED) is 0.477. The third kappa shape index (κ3) is 7.72. The van der Waals surface area contributed by atoms with Crippen molar-refractivity contribution in [2.24, 2.45) is 0 Å². The van der Waals surface area contributed by atoms with Gasteiger partial charge in [-0.25, -0.2) is 4.98 Å². The zero-order valence-electron chi connectivity index (χ0n) is 16.2. The average Bonchev–Trinajstić information content (AvgIpc) is 2.73. The molecule has 0 aliphatic carbocycles. The molecule has 2 heterocycles. The van der Waals surface area contributed by atoms with Crippen molar-refractivity contribution in [2.45, 2.75) is 25.3 Å². The molecule has 1 aromatic heterocycles. The average molecular weight is 438 g/mol. The van der Waals surface area contributed by atoms with Crippen LogP contribution in [-0.4, -0.2) is 54.7 Å². The smallest absolute Gasteiger partial charge is 0.258 e. The molecule has 1 aromatic carbocycles. The lowest BCUT2D eigenvalue weighted by Gasteiger charge is -2.32. The highest BCUT2D eigenvalue weighted by Gasteiger charge is 2.20. The van der Waals surface area contributed by atoms with Crippen LogP contribution in [0.3, 0.4) is 0 Å². The van der Waals surface area contributed by atoms with Crippen LogP contribution in [0.25, 0.3) is 0 Å². The highest BCUT2D eigenvalue weighted by atomic mass is 35.5. The third-order valence-electron chi connectivity index (χ3n) is 4.72. The molecular formula is C21H25Cl2N3O3. The summed E-state index contributed by atoms with van der Waals surface area (Å²) in [6.45, 7) is 3.55. The molecule has 1 N–H and O–H groups in total. The number of halogens is 2. The Morgan fingerprint density at radius 2 is 1.79 bits per heavy atom. The Morgan fingerprint density at radius 3 is 2.48 bits per heavy atom. The number of pyridine rings is 1. The first kappa shape index (κ1) is 21.7. The summed E-state index contributed by atoms with van der Waals surface area (Å²) < 4.78 is 11.2. The standard InChI is InChI=1S/C21H25Cl2N3O3/c22-16-2-4-18(5-3-16)29-15-21(27)25-17-8-11-26(12-9-17)10-1-13-28-19-6-7-20(23)24-14-19/h2-7,14,17H,1,8-13,15H2,(H,25,27). The van der Waals surface area contributed by atoms with E-state index in [9.17, 15) is 4.79 Å². The SMILES string of the molecule is O=C(COc1ccc(Cl)cc1)NC1CCN(CCCOc2ccc(Cl)nc2)CC1. The predicted molar refractivity (Wildman–Crippen MR) is 114 cm³/mol. The molecule has 0 unspecified atom stereocenters. The number of hydrogen-bond acceptors (Lipinski definition) is 5. The molecule has 1 amide bonds. The highest BCUT2D eigenvalue weighted by Crippen LogP contribution is 2.16. The van der Waals surface area contributed by atoms with Crippen molar-refractivity contribution >= 4 is 29.1 Å². The van der Waals surface area contributed by atoms with E-state index < -0.39 is 0 Å². The molecule has 0 atom stereocenters. The molecule has 29 heavy (non-hydrogen) atoms. The Kier molecular flexibility index (Phi) is 8.40. The first-order chi connectivity index (χ1) is 14.1. The summed E-state index contributed by atoms with van der Waals surface area (Å²) >= 11 is 11.6. The lowest BCUT2D eigenvalue weighted by Crippen LogP contribution is -2.46. The lowest BCUT2D eigenvalue weighted by molar-refractivity contribution is -0.124. The monoisotopic (exact) mass is 437 g/mol. The van der Waals surface area contributed by atoms with Gasteiger partial charge in [0.2, 0.25) is 0 Å². The molecule has 156 valence electrons. The summed E-state index contributed by atoms with van der Waals surface area (Å²) in [7, 11) is 0. The van der Waals surface area contributed by atoms with E-state index in [0.29, 0.717) is 22.5 Å². The first-order valence-corrected chi connectivity index (χ1v) is 10.5. The number of aromatic nitrogens is 1. The molecule has 1 saturated heterocycles. The maximum absolute atomic E-state index is 12.1. The van der Waals surface area contributed by atoms with E-state index in [1.54, 1.807) is 36.5 Å². The lowest BCUT2D eigenvalue weighted by atomic mass is 10.0. The summed E-state index contributed by atoms with van der Waals surface area (Å²) in [5.74, 6) is 1.27. The number of likely N-dealkylation sites (tertiary alicyclic amines) is 1. The van der Waals surface area contributed by atoms with Crippen molar-refractivity contribution in [3.05, 3.63) is 52.8 Å². The molecule has 0 spiro atoms. The van der Waals surface area contributed by atoms with Gasteiger partial charge in [0.05, 0.1) is 12.8 Å². The van der Waals surface area contributed by atoms with Crippen LogP contribution in [-0.2, 0) is 4.79 Å². The van der Waals surface area contributed by atoms with Crippen LogP contribution in [0.1, 0.15) is 19.3 Å². The Bertz CT molecular complexity index is 764. The van der Waals surface area contributed by atoms with Gasteiger partial charge in [0, 0.05) is 30.7 Å². The van der Waals surface area contributed by atoms with Gasteiger partial charge < -0.3 is 19.7 Å². The normalized spacial score (nSPS) is 15.1. The van der Waals surface area contributed by atoms with Gasteiger partial charge in [-0.05, 0) is 55.7 Å². The number of nitrogens with one attached hydrogen (secondary N) is 1. The molecule has 1 fully saturated rings. The van der Waals surface area contributed by atoms with Gasteiger partial charge in [-0.1, -0.05) is 23.2 Å². The molecule has 0 radical (unpaired) electrons.